The molecule has 1 aromatic carbocycles. The summed E-state index contributed by atoms with van der Waals surface area (Å²) in [6.07, 6.45) is -0.728. The van der Waals surface area contributed by atoms with Gasteiger partial charge in [0.25, 0.3) is 5.91 Å². The van der Waals surface area contributed by atoms with Crippen LogP contribution in [0.2, 0.25) is 5.02 Å². The monoisotopic (exact) mass is 441 g/mol. The Balaban J connectivity index is 1.62. The standard InChI is InChI=1S/C18H20ClN3O6S/c1-11(17(24)20-13-4-2-12(19)3-5-13)28-18(25)15-6-7-16(23)22(21-15)14-8-9-29(26,27)10-14/h2-5,11,14H,6-10H2,1H3,(H,20,24)/t11-,14+/m0/s1. The van der Waals surface area contributed by atoms with Gasteiger partial charge < -0.3 is 10.1 Å². The third kappa shape index (κ3) is 5.33. The average Bonchev–Trinajstić information content (AvgIpc) is 3.03. The molecule has 2 heterocycles. The van der Waals surface area contributed by atoms with Gasteiger partial charge in [0.1, 0.15) is 5.71 Å². The van der Waals surface area contributed by atoms with Crippen molar-refractivity contribution in [2.75, 3.05) is 16.8 Å². The number of ether oxygens (including phenoxy) is 1. The van der Waals surface area contributed by atoms with Crippen LogP contribution in [0.1, 0.15) is 26.2 Å². The first kappa shape index (κ1) is 21.3. The molecule has 156 valence electrons. The van der Waals surface area contributed by atoms with Crippen molar-refractivity contribution in [3.8, 4) is 0 Å². The lowest BCUT2D eigenvalue weighted by Gasteiger charge is -2.27. The number of hydrazone groups is 1. The van der Waals surface area contributed by atoms with Gasteiger partial charge in [0, 0.05) is 23.6 Å². The summed E-state index contributed by atoms with van der Waals surface area (Å²) in [6, 6.07) is 5.86. The minimum absolute atomic E-state index is 0.0139. The molecule has 29 heavy (non-hydrogen) atoms. The summed E-state index contributed by atoms with van der Waals surface area (Å²) in [7, 11) is -3.21. The minimum atomic E-state index is -3.21. The van der Waals surface area contributed by atoms with Crippen LogP contribution in [0.5, 0.6) is 0 Å². The molecule has 0 bridgehead atoms. The maximum atomic E-state index is 12.4. The van der Waals surface area contributed by atoms with E-state index < -0.39 is 33.9 Å². The molecule has 11 heteroatoms. The molecule has 1 aromatic rings. The summed E-state index contributed by atoms with van der Waals surface area (Å²) in [6.45, 7) is 1.42. The Morgan fingerprint density at radius 1 is 1.28 bits per heavy atom. The van der Waals surface area contributed by atoms with Crippen molar-refractivity contribution in [2.24, 2.45) is 5.10 Å². The molecule has 9 nitrogen and oxygen atoms in total. The van der Waals surface area contributed by atoms with Crippen LogP contribution in [-0.2, 0) is 29.0 Å². The largest absolute Gasteiger partial charge is 0.448 e. The smallest absolute Gasteiger partial charge is 0.355 e. The summed E-state index contributed by atoms with van der Waals surface area (Å²) < 4.78 is 28.5. The van der Waals surface area contributed by atoms with Gasteiger partial charge in [-0.05, 0) is 37.6 Å². The van der Waals surface area contributed by atoms with Crippen LogP contribution in [0, 0.1) is 0 Å². The molecule has 2 aliphatic rings. The molecule has 2 amide bonds. The Kier molecular flexibility index (Phi) is 6.23. The van der Waals surface area contributed by atoms with Crippen molar-refractivity contribution in [1.29, 1.82) is 0 Å². The fourth-order valence-electron chi connectivity index (χ4n) is 3.03. The van der Waals surface area contributed by atoms with E-state index in [0.29, 0.717) is 10.7 Å². The van der Waals surface area contributed by atoms with Crippen molar-refractivity contribution >= 4 is 50.6 Å². The first-order chi connectivity index (χ1) is 13.6. The minimum Gasteiger partial charge on any atom is -0.448 e. The highest BCUT2D eigenvalue weighted by atomic mass is 35.5. The van der Waals surface area contributed by atoms with Crippen molar-refractivity contribution in [3.63, 3.8) is 0 Å². The Labute approximate surface area is 173 Å². The molecule has 2 aliphatic heterocycles. The molecule has 0 unspecified atom stereocenters. The summed E-state index contributed by atoms with van der Waals surface area (Å²) in [4.78, 5) is 36.7. The SMILES string of the molecule is C[C@H](OC(=O)C1=NN([C@@H]2CCS(=O)(=O)C2)C(=O)CC1)C(=O)Nc1ccc(Cl)cc1. The van der Waals surface area contributed by atoms with Crippen molar-refractivity contribution in [1.82, 2.24) is 5.01 Å². The lowest BCUT2D eigenvalue weighted by atomic mass is 10.1. The summed E-state index contributed by atoms with van der Waals surface area (Å²) in [5.41, 5.74) is 0.483. The maximum absolute atomic E-state index is 12.4. The third-order valence-electron chi connectivity index (χ3n) is 4.61. The van der Waals surface area contributed by atoms with Gasteiger partial charge in [-0.2, -0.15) is 5.10 Å². The Morgan fingerprint density at radius 3 is 2.59 bits per heavy atom. The van der Waals surface area contributed by atoms with Crippen molar-refractivity contribution < 1.29 is 27.5 Å². The number of amides is 2. The predicted molar refractivity (Wildman–Crippen MR) is 106 cm³/mol. The second-order valence-corrected chi connectivity index (χ2v) is 9.55. The lowest BCUT2D eigenvalue weighted by molar-refractivity contribution is -0.147. The zero-order valence-electron chi connectivity index (χ0n) is 15.6. The van der Waals surface area contributed by atoms with Gasteiger partial charge in [0.2, 0.25) is 5.91 Å². The third-order valence-corrected chi connectivity index (χ3v) is 6.62. The number of carbonyl (C=O) groups excluding carboxylic acids is 3. The molecular weight excluding hydrogens is 422 g/mol. The van der Waals surface area contributed by atoms with E-state index in [1.54, 1.807) is 24.3 Å². The number of benzene rings is 1. The zero-order valence-corrected chi connectivity index (χ0v) is 17.2. The Hall–Kier alpha value is -2.46. The topological polar surface area (TPSA) is 122 Å². The van der Waals surface area contributed by atoms with Gasteiger partial charge in [0.05, 0.1) is 17.5 Å². The van der Waals surface area contributed by atoms with Gasteiger partial charge >= 0.3 is 5.97 Å². The molecule has 0 aromatic heterocycles. The van der Waals surface area contributed by atoms with Gasteiger partial charge in [-0.3, -0.25) is 9.59 Å². The fraction of sp³-hybridized carbons (Fsp3) is 0.444. The highest BCUT2D eigenvalue weighted by Crippen LogP contribution is 2.22. The van der Waals surface area contributed by atoms with E-state index >= 15 is 0 Å². The number of nitrogens with zero attached hydrogens (tertiary/aromatic N) is 2. The number of nitrogens with one attached hydrogen (secondary N) is 1. The predicted octanol–water partition coefficient (Wildman–Crippen LogP) is 1.38. The number of sulfone groups is 1. The van der Waals surface area contributed by atoms with Crippen LogP contribution < -0.4 is 5.32 Å². The highest BCUT2D eigenvalue weighted by Gasteiger charge is 2.37. The molecular formula is C18H20ClN3O6S. The molecule has 0 spiro atoms. The quantitative estimate of drug-likeness (QED) is 0.688. The van der Waals surface area contributed by atoms with Gasteiger partial charge in [0.15, 0.2) is 15.9 Å². The fourth-order valence-corrected chi connectivity index (χ4v) is 4.85. The first-order valence-electron chi connectivity index (χ1n) is 9.02. The van der Waals surface area contributed by atoms with Crippen LogP contribution in [0.15, 0.2) is 29.4 Å². The van der Waals surface area contributed by atoms with Gasteiger partial charge in [-0.15, -0.1) is 0 Å². The molecule has 1 N–H and O–H groups in total. The molecule has 1 fully saturated rings. The van der Waals surface area contributed by atoms with Gasteiger partial charge in [-0.1, -0.05) is 11.6 Å². The second-order valence-electron chi connectivity index (χ2n) is 6.89. The van der Waals surface area contributed by atoms with E-state index in [2.05, 4.69) is 10.4 Å². The van der Waals surface area contributed by atoms with Crippen molar-refractivity contribution in [2.45, 2.75) is 38.3 Å². The van der Waals surface area contributed by atoms with Gasteiger partial charge in [-0.25, -0.2) is 18.2 Å². The summed E-state index contributed by atoms with van der Waals surface area (Å²) in [5, 5.41) is 8.23. The molecule has 3 rings (SSSR count). The van der Waals surface area contributed by atoms with Crippen LogP contribution >= 0.6 is 11.6 Å². The molecule has 0 aliphatic carbocycles. The number of carbonyl (C=O) groups is 3. The van der Waals surface area contributed by atoms with E-state index in [0.717, 1.165) is 5.01 Å². The molecule has 0 radical (unpaired) electrons. The van der Waals surface area contributed by atoms with Crippen molar-refractivity contribution in [3.05, 3.63) is 29.3 Å². The van der Waals surface area contributed by atoms with Crippen LogP contribution in [-0.4, -0.2) is 60.6 Å². The number of esters is 1. The summed E-state index contributed by atoms with van der Waals surface area (Å²) in [5.74, 6) is -1.88. The first-order valence-corrected chi connectivity index (χ1v) is 11.2. The van der Waals surface area contributed by atoms with Crippen LogP contribution in [0.25, 0.3) is 0 Å². The highest BCUT2D eigenvalue weighted by molar-refractivity contribution is 7.91. The number of hydrogen-bond acceptors (Lipinski definition) is 7. The van der Waals surface area contributed by atoms with E-state index in [1.807, 2.05) is 0 Å². The molecule has 1 saturated heterocycles. The lowest BCUT2D eigenvalue weighted by Crippen LogP contribution is -2.42. The zero-order chi connectivity index (χ0) is 21.2. The normalized spacial score (nSPS) is 22.0. The number of halogens is 1. The van der Waals surface area contributed by atoms with E-state index in [4.69, 9.17) is 16.3 Å². The summed E-state index contributed by atoms with van der Waals surface area (Å²) >= 11 is 5.79. The number of anilines is 1. The number of hydrogen-bond donors (Lipinski definition) is 1. The average molecular weight is 442 g/mol. The molecule has 0 saturated carbocycles. The van der Waals surface area contributed by atoms with E-state index in [1.165, 1.54) is 6.92 Å². The van der Waals surface area contributed by atoms with E-state index in [-0.39, 0.29) is 42.4 Å². The Bertz CT molecular complexity index is 960. The maximum Gasteiger partial charge on any atom is 0.355 e. The van der Waals surface area contributed by atoms with Crippen LogP contribution in [0.4, 0.5) is 5.69 Å². The van der Waals surface area contributed by atoms with Crippen LogP contribution in [0.3, 0.4) is 0 Å². The molecule has 2 atom stereocenters. The second kappa shape index (κ2) is 8.50. The Morgan fingerprint density at radius 2 is 1.97 bits per heavy atom. The van der Waals surface area contributed by atoms with E-state index in [9.17, 15) is 22.8 Å². The number of rotatable bonds is 5.